The first-order valence-electron chi connectivity index (χ1n) is 15.4. The van der Waals surface area contributed by atoms with Gasteiger partial charge in [-0.2, -0.15) is 5.10 Å². The molecule has 2 saturated heterocycles. The monoisotopic (exact) mass is 583 g/mol. The third kappa shape index (κ3) is 3.09. The number of H-pyrrole nitrogens is 1. The maximum atomic E-state index is 18.2. The smallest absolute Gasteiger partial charge is 0.227 e. The minimum absolute atomic E-state index is 0.0303. The van der Waals surface area contributed by atoms with Crippen molar-refractivity contribution in [2.45, 2.75) is 89.3 Å². The number of alkyl halides is 2. The minimum atomic E-state index is -2.01. The van der Waals surface area contributed by atoms with Gasteiger partial charge in [-0.1, -0.05) is 45.0 Å². The van der Waals surface area contributed by atoms with Gasteiger partial charge in [-0.15, -0.1) is 4.68 Å². The zero-order valence-electron chi connectivity index (χ0n) is 24.8. The highest BCUT2D eigenvalue weighted by atomic mass is 19.1. The summed E-state index contributed by atoms with van der Waals surface area (Å²) in [4.78, 5) is 0. The van der Waals surface area contributed by atoms with Crippen molar-refractivity contribution in [3.05, 3.63) is 58.4 Å². The van der Waals surface area contributed by atoms with Gasteiger partial charge in [-0.3, -0.25) is 0 Å². The van der Waals surface area contributed by atoms with Crippen molar-refractivity contribution in [2.75, 3.05) is 20.2 Å². The van der Waals surface area contributed by atoms with Crippen LogP contribution in [0.15, 0.2) is 36.0 Å². The van der Waals surface area contributed by atoms with Crippen LogP contribution in [0.3, 0.4) is 0 Å². The number of aryl methyl sites for hydroxylation is 1. The van der Waals surface area contributed by atoms with Crippen LogP contribution in [0.1, 0.15) is 62.4 Å². The number of hydrogen-bond acceptors (Lipinski definition) is 5. The van der Waals surface area contributed by atoms with Crippen molar-refractivity contribution in [2.24, 2.45) is 28.6 Å². The Morgan fingerprint density at radius 2 is 1.88 bits per heavy atom. The molecule has 1 unspecified atom stereocenters. The van der Waals surface area contributed by atoms with Crippen molar-refractivity contribution >= 4 is 6.08 Å². The average Bonchev–Trinajstić information content (AvgIpc) is 3.71. The van der Waals surface area contributed by atoms with Crippen LogP contribution in [-0.4, -0.2) is 59.7 Å². The fourth-order valence-electron chi connectivity index (χ4n) is 10.7. The number of hydrogen-bond donors (Lipinski definition) is 2. The molecule has 6 aliphatic rings. The molecule has 226 valence electrons. The number of halogens is 2. The number of benzene rings is 1. The van der Waals surface area contributed by atoms with Crippen molar-refractivity contribution in [3.63, 3.8) is 0 Å². The number of aliphatic hydroxyl groups is 1. The first-order valence-corrected chi connectivity index (χ1v) is 15.4. The molecule has 0 radical (unpaired) electrons. The predicted molar refractivity (Wildman–Crippen MR) is 148 cm³/mol. The Labute approximate surface area is 245 Å². The Balaban J connectivity index is 1.18. The average molecular weight is 584 g/mol. The summed E-state index contributed by atoms with van der Waals surface area (Å²) in [6.07, 6.45) is 2.39. The molecule has 42 heavy (non-hydrogen) atoms. The zero-order valence-corrected chi connectivity index (χ0v) is 24.8. The third-order valence-electron chi connectivity index (χ3n) is 12.6. The van der Waals surface area contributed by atoms with Crippen LogP contribution in [0, 0.1) is 35.5 Å². The summed E-state index contributed by atoms with van der Waals surface area (Å²) < 4.78 is 60.9. The number of ether oxygens (including phenoxy) is 4. The molecule has 3 heterocycles. The van der Waals surface area contributed by atoms with Gasteiger partial charge in [-0.05, 0) is 61.7 Å². The van der Waals surface area contributed by atoms with Gasteiger partial charge in [0.1, 0.15) is 29.7 Å². The molecule has 9 heteroatoms. The quantitative estimate of drug-likeness (QED) is 0.508. The molecular formula is C33H41F2N2O5+. The fraction of sp³-hybridized carbons (Fsp3) is 0.667. The molecule has 7 nitrogen and oxygen atoms in total. The number of aromatic nitrogens is 2. The lowest BCUT2D eigenvalue weighted by atomic mass is 9.43. The highest BCUT2D eigenvalue weighted by molar-refractivity contribution is 5.61. The fourth-order valence-corrected chi connectivity index (χ4v) is 10.7. The van der Waals surface area contributed by atoms with Crippen LogP contribution in [-0.2, 0) is 31.9 Å². The van der Waals surface area contributed by atoms with E-state index in [2.05, 4.69) is 38.0 Å². The summed E-state index contributed by atoms with van der Waals surface area (Å²) in [5, 5.41) is 15.4. The van der Waals surface area contributed by atoms with E-state index in [1.165, 1.54) is 11.1 Å². The third-order valence-corrected chi connectivity index (χ3v) is 12.6. The number of rotatable bonds is 2. The zero-order chi connectivity index (χ0) is 29.3. The number of nitrogens with one attached hydrogen (secondary N) is 1. The van der Waals surface area contributed by atoms with Crippen LogP contribution in [0.25, 0.3) is 6.08 Å². The van der Waals surface area contributed by atoms with Gasteiger partial charge in [0.05, 0.1) is 6.10 Å². The summed E-state index contributed by atoms with van der Waals surface area (Å²) in [6.45, 7) is 9.09. The van der Waals surface area contributed by atoms with Gasteiger partial charge in [0.15, 0.2) is 26.3 Å². The summed E-state index contributed by atoms with van der Waals surface area (Å²) >= 11 is 0. The maximum Gasteiger partial charge on any atom is 0.227 e. The Morgan fingerprint density at radius 3 is 2.64 bits per heavy atom. The first-order chi connectivity index (χ1) is 20.0. The molecule has 2 aromatic rings. The second kappa shape index (κ2) is 8.72. The highest BCUT2D eigenvalue weighted by Gasteiger charge is 2.82. The minimum Gasteiger partial charge on any atom is -0.390 e. The van der Waals surface area contributed by atoms with Gasteiger partial charge < -0.3 is 24.1 Å². The van der Waals surface area contributed by atoms with E-state index in [1.54, 1.807) is 0 Å². The highest BCUT2D eigenvalue weighted by Crippen LogP contribution is 2.74. The van der Waals surface area contributed by atoms with Crippen LogP contribution in [0.2, 0.25) is 0 Å². The molecule has 0 bridgehead atoms. The SMILES string of the molecule is Cc1ccccc1C[n+]1cc2c([nH]1)C=C1[C@@H](F)C[C@H]3[C@@H]4C[C@H](C)[C@@]5(OCOC56COCO6)[C@@]4(C)C[C@H](O)[C@]3(F)[C@@]1(C)C2. The topological polar surface area (TPSA) is 76.8 Å². The van der Waals surface area contributed by atoms with Crippen molar-refractivity contribution in [1.29, 1.82) is 0 Å². The lowest BCUT2D eigenvalue weighted by molar-refractivity contribution is -0.742. The van der Waals surface area contributed by atoms with E-state index >= 15 is 8.78 Å². The molecule has 5 fully saturated rings. The van der Waals surface area contributed by atoms with E-state index in [9.17, 15) is 5.11 Å². The molecule has 2 aliphatic heterocycles. The molecular weight excluding hydrogens is 542 g/mol. The maximum absolute atomic E-state index is 18.2. The van der Waals surface area contributed by atoms with Gasteiger partial charge >= 0.3 is 0 Å². The molecule has 2 N–H and O–H groups in total. The van der Waals surface area contributed by atoms with Crippen LogP contribution < -0.4 is 4.68 Å². The predicted octanol–water partition coefficient (Wildman–Crippen LogP) is 4.54. The summed E-state index contributed by atoms with van der Waals surface area (Å²) in [6, 6.07) is 8.22. The van der Waals surface area contributed by atoms with E-state index in [-0.39, 0.29) is 44.9 Å². The van der Waals surface area contributed by atoms with Crippen molar-refractivity contribution in [3.8, 4) is 0 Å². The second-order valence-electron chi connectivity index (χ2n) is 14.3. The number of allylic oxidation sites excluding steroid dienone is 1. The summed E-state index contributed by atoms with van der Waals surface area (Å²) in [5.41, 5.74) is -0.231. The molecule has 8 rings (SSSR count). The standard InChI is InChI=1S/C33H40F2N2O5/c1-19-7-5-6-8-21(19)14-37-15-22-12-29(3)25(11-27(22)36-37)26(34)10-24-23-9-20(2)33(30(23,4)13-28(38)32(24,29)35)31(41-18-42-33)16-39-17-40-31/h5-8,11,15,20,23-24,26,28,38H,9-10,12-14,16-18H2,1-4H3/p+1/t20-,23-,24-,26-,28-,29-,30-,31?,32-,33+/m0/s1. The van der Waals surface area contributed by atoms with Crippen LogP contribution in [0.5, 0.6) is 0 Å². The number of aliphatic hydroxyl groups excluding tert-OH is 1. The Bertz CT molecular complexity index is 1470. The van der Waals surface area contributed by atoms with E-state index in [1.807, 2.05) is 36.0 Å². The molecule has 1 aromatic heterocycles. The number of nitrogens with zero attached hydrogens (tertiary/aromatic N) is 1. The van der Waals surface area contributed by atoms with Gasteiger partial charge in [0, 0.05) is 27.9 Å². The Hall–Kier alpha value is -2.17. The summed E-state index contributed by atoms with van der Waals surface area (Å²) in [7, 11) is 0. The van der Waals surface area contributed by atoms with Crippen molar-refractivity contribution < 1.29 is 37.5 Å². The number of fused-ring (bicyclic) bond motifs is 8. The largest absolute Gasteiger partial charge is 0.390 e. The Morgan fingerprint density at radius 1 is 1.10 bits per heavy atom. The van der Waals surface area contributed by atoms with Crippen molar-refractivity contribution in [1.82, 2.24) is 5.10 Å². The Kier molecular flexibility index (Phi) is 5.69. The first kappa shape index (κ1) is 27.4. The normalized spacial score (nSPS) is 47.3. The van der Waals surface area contributed by atoms with Gasteiger partial charge in [0.25, 0.3) is 0 Å². The molecule has 0 amide bonds. The summed E-state index contributed by atoms with van der Waals surface area (Å²) in [5.74, 6) is -2.08. The molecule has 3 saturated carbocycles. The molecule has 10 atom stereocenters. The molecule has 1 aromatic carbocycles. The van der Waals surface area contributed by atoms with E-state index in [0.717, 1.165) is 11.3 Å². The molecule has 2 spiro atoms. The lowest BCUT2D eigenvalue weighted by Crippen LogP contribution is -2.73. The molecule has 4 aliphatic carbocycles. The van der Waals surface area contributed by atoms with Gasteiger partial charge in [0.2, 0.25) is 5.79 Å². The van der Waals surface area contributed by atoms with E-state index in [4.69, 9.17) is 18.9 Å². The number of aromatic amines is 1. The lowest BCUT2D eigenvalue weighted by Gasteiger charge is -2.64. The van der Waals surface area contributed by atoms with Gasteiger partial charge in [-0.25, -0.2) is 8.78 Å². The van der Waals surface area contributed by atoms with Crippen LogP contribution in [0.4, 0.5) is 8.78 Å². The van der Waals surface area contributed by atoms with Crippen LogP contribution >= 0.6 is 0 Å². The van der Waals surface area contributed by atoms with E-state index in [0.29, 0.717) is 25.0 Å². The second-order valence-corrected chi connectivity index (χ2v) is 14.3. The van der Waals surface area contributed by atoms with E-state index < -0.39 is 46.1 Å².